The maximum Gasteiger partial charge on any atom is 0.321 e. The third-order valence-corrected chi connectivity index (χ3v) is 7.28. The van der Waals surface area contributed by atoms with Crippen molar-refractivity contribution in [2.45, 2.75) is 39.7 Å². The molecule has 0 aliphatic carbocycles. The number of urea groups is 1. The molecule has 4 rings (SSSR count). The van der Waals surface area contributed by atoms with Gasteiger partial charge in [0, 0.05) is 31.0 Å². The normalized spacial score (nSPS) is 16.3. The highest BCUT2D eigenvalue weighted by Crippen LogP contribution is 2.37. The molecule has 0 saturated carbocycles. The Hall–Kier alpha value is -3.96. The summed E-state index contributed by atoms with van der Waals surface area (Å²) in [5, 5.41) is 9.18. The molecule has 3 N–H and O–H groups in total. The van der Waals surface area contributed by atoms with Crippen molar-refractivity contribution >= 4 is 56.8 Å². The molecule has 1 atom stereocenters. The number of rotatable bonds is 8. The second kappa shape index (κ2) is 12.3. The molecule has 3 aromatic rings. The number of nitrogens with zero attached hydrogens (tertiary/aromatic N) is 4. The Bertz CT molecular complexity index is 1420. The number of amides is 2. The van der Waals surface area contributed by atoms with E-state index in [-0.39, 0.29) is 17.9 Å². The third kappa shape index (κ3) is 6.73. The van der Waals surface area contributed by atoms with Crippen LogP contribution in [0.4, 0.5) is 9.93 Å². The van der Waals surface area contributed by atoms with E-state index >= 15 is 0 Å². The summed E-state index contributed by atoms with van der Waals surface area (Å²) < 4.78 is 6.68. The zero-order valence-electron chi connectivity index (χ0n) is 22.6. The number of esters is 1. The van der Waals surface area contributed by atoms with Crippen LogP contribution in [0.15, 0.2) is 52.7 Å². The molecule has 0 bridgehead atoms. The van der Waals surface area contributed by atoms with Gasteiger partial charge in [0.1, 0.15) is 0 Å². The molecule has 3 heterocycles. The van der Waals surface area contributed by atoms with E-state index in [1.165, 1.54) is 11.3 Å². The number of amidine groups is 1. The second-order valence-electron chi connectivity index (χ2n) is 9.63. The Balaban J connectivity index is 1.67. The van der Waals surface area contributed by atoms with E-state index in [1.54, 1.807) is 26.2 Å². The molecule has 1 saturated heterocycles. The smallest absolute Gasteiger partial charge is 0.321 e. The Morgan fingerprint density at radius 3 is 2.82 bits per heavy atom. The molecule has 0 unspecified atom stereocenters. The highest BCUT2D eigenvalue weighted by molar-refractivity contribution is 7.22. The minimum absolute atomic E-state index is 0.171. The Morgan fingerprint density at radius 2 is 2.15 bits per heavy atom. The lowest BCUT2D eigenvalue weighted by Gasteiger charge is -2.25. The fourth-order valence-electron chi connectivity index (χ4n) is 4.18. The predicted molar refractivity (Wildman–Crippen MR) is 157 cm³/mol. The molecule has 10 nitrogen and oxygen atoms in total. The van der Waals surface area contributed by atoms with Gasteiger partial charge in [-0.3, -0.25) is 15.1 Å². The van der Waals surface area contributed by atoms with Crippen molar-refractivity contribution in [3.8, 4) is 11.3 Å². The Morgan fingerprint density at radius 1 is 1.33 bits per heavy atom. The molecule has 39 heavy (non-hydrogen) atoms. The predicted octanol–water partition coefficient (Wildman–Crippen LogP) is 4.89. The number of thiazole rings is 1. The van der Waals surface area contributed by atoms with Crippen molar-refractivity contribution in [1.82, 2.24) is 20.6 Å². The van der Waals surface area contributed by atoms with Crippen LogP contribution < -0.4 is 16.0 Å². The van der Waals surface area contributed by atoms with Gasteiger partial charge in [-0.25, -0.2) is 19.8 Å². The molecule has 0 radical (unpaired) electrons. The Labute approximate surface area is 231 Å². The minimum atomic E-state index is -1.05. The molecule has 204 valence electrons. The van der Waals surface area contributed by atoms with Crippen LogP contribution in [-0.2, 0) is 9.53 Å². The van der Waals surface area contributed by atoms with Crippen LogP contribution in [0.1, 0.15) is 39.7 Å². The van der Waals surface area contributed by atoms with E-state index in [1.807, 2.05) is 44.2 Å². The van der Waals surface area contributed by atoms with Crippen LogP contribution in [0.2, 0.25) is 0 Å². The van der Waals surface area contributed by atoms with Gasteiger partial charge in [0.25, 0.3) is 0 Å². The summed E-state index contributed by atoms with van der Waals surface area (Å²) in [5.41, 5.74) is 3.07. The largest absolute Gasteiger partial charge is 0.451 e. The highest BCUT2D eigenvalue weighted by Gasteiger charge is 2.33. The highest BCUT2D eigenvalue weighted by atomic mass is 32.1. The molecule has 2 aromatic heterocycles. The van der Waals surface area contributed by atoms with Gasteiger partial charge in [-0.2, -0.15) is 0 Å². The van der Waals surface area contributed by atoms with Crippen molar-refractivity contribution in [2.24, 2.45) is 15.9 Å². The number of allylic oxidation sites excluding steroid dienone is 1. The molecule has 0 spiro atoms. The van der Waals surface area contributed by atoms with Crippen LogP contribution in [0.5, 0.6) is 0 Å². The molecule has 11 heteroatoms. The van der Waals surface area contributed by atoms with E-state index in [0.29, 0.717) is 24.1 Å². The third-order valence-electron chi connectivity index (χ3n) is 6.26. The van der Waals surface area contributed by atoms with Crippen LogP contribution in [0.25, 0.3) is 27.0 Å². The summed E-state index contributed by atoms with van der Waals surface area (Å²) in [5.74, 6) is -0.141. The molecule has 1 aromatic carbocycles. The lowest BCUT2D eigenvalue weighted by atomic mass is 10.0. The van der Waals surface area contributed by atoms with E-state index in [2.05, 4.69) is 42.6 Å². The number of hydrogen-bond acceptors (Lipinski definition) is 8. The van der Waals surface area contributed by atoms with Crippen LogP contribution in [-0.4, -0.2) is 59.8 Å². The van der Waals surface area contributed by atoms with E-state index < -0.39 is 5.60 Å². The first-order chi connectivity index (χ1) is 18.7. The first-order valence-corrected chi connectivity index (χ1v) is 13.6. The first-order valence-electron chi connectivity index (χ1n) is 12.8. The topological polar surface area (TPSA) is 130 Å². The lowest BCUT2D eigenvalue weighted by molar-refractivity contribution is -0.155. The monoisotopic (exact) mass is 547 g/mol. The number of carbonyl (C=O) groups is 2. The van der Waals surface area contributed by atoms with Crippen LogP contribution in [0.3, 0.4) is 0 Å². The number of aromatic nitrogens is 2. The number of aliphatic imine (C=N–C) groups is 2. The van der Waals surface area contributed by atoms with Crippen LogP contribution >= 0.6 is 11.3 Å². The zero-order chi connectivity index (χ0) is 28.0. The summed E-state index contributed by atoms with van der Waals surface area (Å²) >= 11 is 1.39. The summed E-state index contributed by atoms with van der Waals surface area (Å²) in [6, 6.07) is 9.39. The van der Waals surface area contributed by atoms with Gasteiger partial charge in [-0.05, 0) is 82.8 Å². The maximum absolute atomic E-state index is 12.6. The van der Waals surface area contributed by atoms with Crippen molar-refractivity contribution in [3.05, 3.63) is 48.3 Å². The number of ether oxygens (including phenoxy) is 1. The van der Waals surface area contributed by atoms with Gasteiger partial charge in [0.15, 0.2) is 16.6 Å². The van der Waals surface area contributed by atoms with Crippen molar-refractivity contribution < 1.29 is 14.3 Å². The number of anilines is 1. The summed E-state index contributed by atoms with van der Waals surface area (Å²) in [7, 11) is 0. The average molecular weight is 548 g/mol. The number of nitrogens with one attached hydrogen (secondary N) is 3. The fraction of sp³-hybridized carbons (Fsp3) is 0.357. The standard InChI is InChI=1S/C28H33N7O3S/c1-6-31-26(37)35-27-34-22-14-19(13-20(23(22)39-27)21-9-7-8-11-32-21)17(2)15-33-25(29-5)28(3,4)38-24(36)18-10-12-30-16-18/h7-9,11,13-15,18,30H,5-6,10,12,16H2,1-4H3,(H2,31,34,35,37)/b17-15+,33-25?/t18-/m1/s1. The van der Waals surface area contributed by atoms with Crippen LogP contribution in [0, 0.1) is 5.92 Å². The molecule has 2 amide bonds. The van der Waals surface area contributed by atoms with Gasteiger partial charge in [0.2, 0.25) is 0 Å². The fourth-order valence-corrected chi connectivity index (χ4v) is 5.15. The number of carbonyl (C=O) groups excluding carboxylic acids is 2. The maximum atomic E-state index is 12.6. The SMILES string of the molecule is C=NC(=N/C=C(\C)c1cc(-c2ccccn2)c2sc(NC(=O)NCC)nc2c1)C(C)(C)OC(=O)[C@@H]1CCNC1. The van der Waals surface area contributed by atoms with Gasteiger partial charge >= 0.3 is 12.0 Å². The number of benzene rings is 1. The van der Waals surface area contributed by atoms with Gasteiger partial charge in [0.05, 0.1) is 21.8 Å². The van der Waals surface area contributed by atoms with E-state index in [0.717, 1.165) is 45.6 Å². The summed E-state index contributed by atoms with van der Waals surface area (Å²) in [4.78, 5) is 42.5. The summed E-state index contributed by atoms with van der Waals surface area (Å²) in [6.45, 7) is 12.9. The molecule has 1 aliphatic rings. The first kappa shape index (κ1) is 28.1. The quantitative estimate of drug-likeness (QED) is 0.209. The molecular weight excluding hydrogens is 514 g/mol. The van der Waals surface area contributed by atoms with E-state index in [4.69, 9.17) is 4.74 Å². The minimum Gasteiger partial charge on any atom is -0.451 e. The second-order valence-corrected chi connectivity index (χ2v) is 10.6. The van der Waals surface area contributed by atoms with Gasteiger partial charge in [-0.15, -0.1) is 0 Å². The summed E-state index contributed by atoms with van der Waals surface area (Å²) in [6.07, 6.45) is 4.17. The molecular formula is C28H33N7O3S. The number of hydrogen-bond donors (Lipinski definition) is 3. The van der Waals surface area contributed by atoms with E-state index in [9.17, 15) is 9.59 Å². The lowest BCUT2D eigenvalue weighted by Crippen LogP contribution is -2.38. The molecule has 1 aliphatic heterocycles. The number of pyridine rings is 1. The van der Waals surface area contributed by atoms with Gasteiger partial charge < -0.3 is 15.4 Å². The average Bonchev–Trinajstić information content (AvgIpc) is 3.58. The van der Waals surface area contributed by atoms with Crippen molar-refractivity contribution in [1.29, 1.82) is 0 Å². The molecule has 1 fully saturated rings. The van der Waals surface area contributed by atoms with Crippen molar-refractivity contribution in [2.75, 3.05) is 25.0 Å². The van der Waals surface area contributed by atoms with Crippen molar-refractivity contribution in [3.63, 3.8) is 0 Å². The van der Waals surface area contributed by atoms with Gasteiger partial charge in [-0.1, -0.05) is 17.4 Å². The zero-order valence-corrected chi connectivity index (χ0v) is 23.4. The Kier molecular flexibility index (Phi) is 8.82. The number of fused-ring (bicyclic) bond motifs is 1.